The van der Waals surface area contributed by atoms with Crippen LogP contribution in [0.5, 0.6) is 0 Å². The second-order valence-electron chi connectivity index (χ2n) is 22.1. The molecule has 3 unspecified atom stereocenters. The number of likely N-dealkylation sites (N-methyl/N-ethyl adjacent to an activating group) is 1. The first-order valence-electron chi connectivity index (χ1n) is 30.7. The maximum Gasteiger partial charge on any atom is 0.472 e. The van der Waals surface area contributed by atoms with Gasteiger partial charge in [0.2, 0.25) is 5.91 Å². The van der Waals surface area contributed by atoms with Crippen LogP contribution in [-0.4, -0.2) is 73.4 Å². The third-order valence-electron chi connectivity index (χ3n) is 13.7. The van der Waals surface area contributed by atoms with Gasteiger partial charge in [-0.2, -0.15) is 0 Å². The summed E-state index contributed by atoms with van der Waals surface area (Å²) >= 11 is 0. The Hall–Kier alpha value is -1.80. The number of carbonyl (C=O) groups is 1. The van der Waals surface area contributed by atoms with Crippen LogP contribution < -0.4 is 5.32 Å². The van der Waals surface area contributed by atoms with E-state index in [0.717, 1.165) is 64.2 Å². The summed E-state index contributed by atoms with van der Waals surface area (Å²) in [6, 6.07) is -0.874. The number of carbonyl (C=O) groups excluding carboxylic acids is 1. The molecule has 8 nitrogen and oxygen atoms in total. The summed E-state index contributed by atoms with van der Waals surface area (Å²) < 4.78 is 23.7. The van der Waals surface area contributed by atoms with E-state index in [-0.39, 0.29) is 19.1 Å². The SMILES string of the molecule is CCCCC/C=C\C/C=C\C/C=C\CCCCCCCCC(=O)NC(COP(=O)(O)OCC[N+](C)(C)C)C(O)/C=C/CC/C=C/CCCCCCCCCCCCCCCCCCCCCCCCCCC. The Balaban J connectivity index is 4.18. The predicted molar refractivity (Wildman–Crippen MR) is 314 cm³/mol. The summed E-state index contributed by atoms with van der Waals surface area (Å²) in [5.41, 5.74) is 0. The molecule has 0 fully saturated rings. The Labute approximate surface area is 447 Å². The summed E-state index contributed by atoms with van der Waals surface area (Å²) in [5.74, 6) is -0.198. The molecule has 0 aliphatic heterocycles. The molecule has 0 aromatic rings. The van der Waals surface area contributed by atoms with Crippen LogP contribution in [0.1, 0.15) is 284 Å². The van der Waals surface area contributed by atoms with E-state index in [9.17, 15) is 19.4 Å². The topological polar surface area (TPSA) is 105 Å². The van der Waals surface area contributed by atoms with Crippen LogP contribution in [0, 0.1) is 0 Å². The van der Waals surface area contributed by atoms with E-state index in [4.69, 9.17) is 9.05 Å². The number of hydrogen-bond acceptors (Lipinski definition) is 5. The van der Waals surface area contributed by atoms with Crippen molar-refractivity contribution in [3.8, 4) is 0 Å². The number of quaternary nitrogens is 1. The molecule has 72 heavy (non-hydrogen) atoms. The van der Waals surface area contributed by atoms with E-state index in [2.05, 4.69) is 67.8 Å². The van der Waals surface area contributed by atoms with E-state index in [1.54, 1.807) is 6.08 Å². The fourth-order valence-electron chi connectivity index (χ4n) is 8.89. The Morgan fingerprint density at radius 3 is 1.24 bits per heavy atom. The van der Waals surface area contributed by atoms with Crippen molar-refractivity contribution in [2.75, 3.05) is 40.9 Å². The van der Waals surface area contributed by atoms with Gasteiger partial charge in [0.25, 0.3) is 0 Å². The third-order valence-corrected chi connectivity index (χ3v) is 14.7. The van der Waals surface area contributed by atoms with Crippen LogP contribution in [0.25, 0.3) is 0 Å². The number of aliphatic hydroxyl groups excluding tert-OH is 1. The van der Waals surface area contributed by atoms with Crippen molar-refractivity contribution < 1.29 is 32.9 Å². The zero-order valence-electron chi connectivity index (χ0n) is 48.2. The molecule has 0 heterocycles. The summed E-state index contributed by atoms with van der Waals surface area (Å²) in [7, 11) is 1.54. The van der Waals surface area contributed by atoms with Gasteiger partial charge in [-0.15, -0.1) is 0 Å². The highest BCUT2D eigenvalue weighted by Crippen LogP contribution is 2.43. The molecular weight excluding hydrogens is 912 g/mol. The number of nitrogens with zero attached hydrogens (tertiary/aromatic N) is 1. The van der Waals surface area contributed by atoms with Crippen LogP contribution in [0.15, 0.2) is 60.8 Å². The van der Waals surface area contributed by atoms with Crippen molar-refractivity contribution in [2.45, 2.75) is 296 Å². The zero-order chi connectivity index (χ0) is 52.7. The van der Waals surface area contributed by atoms with E-state index in [1.807, 2.05) is 27.2 Å². The van der Waals surface area contributed by atoms with Gasteiger partial charge in [0.05, 0.1) is 39.9 Å². The number of phosphoric acid groups is 1. The van der Waals surface area contributed by atoms with Gasteiger partial charge in [-0.25, -0.2) is 4.57 Å². The summed E-state index contributed by atoms with van der Waals surface area (Å²) in [5, 5.41) is 13.9. The number of hydrogen-bond donors (Lipinski definition) is 3. The molecule has 0 aliphatic carbocycles. The number of rotatable bonds is 56. The molecular formula is C63H120N2O6P+. The maximum atomic E-state index is 13.0. The summed E-state index contributed by atoms with van der Waals surface area (Å²) in [4.78, 5) is 23.3. The van der Waals surface area contributed by atoms with Gasteiger partial charge < -0.3 is 19.8 Å². The van der Waals surface area contributed by atoms with Crippen LogP contribution >= 0.6 is 7.82 Å². The van der Waals surface area contributed by atoms with Crippen molar-refractivity contribution >= 4 is 13.7 Å². The average molecular weight is 1030 g/mol. The number of allylic oxidation sites excluding steroid dienone is 9. The Morgan fingerprint density at radius 1 is 0.472 bits per heavy atom. The lowest BCUT2D eigenvalue weighted by Crippen LogP contribution is -2.45. The molecule has 0 saturated carbocycles. The van der Waals surface area contributed by atoms with Crippen LogP contribution in [0.4, 0.5) is 0 Å². The van der Waals surface area contributed by atoms with Crippen molar-refractivity contribution in [1.29, 1.82) is 0 Å². The number of nitrogens with one attached hydrogen (secondary N) is 1. The van der Waals surface area contributed by atoms with Gasteiger partial charge in [-0.05, 0) is 70.6 Å². The molecule has 0 aromatic carbocycles. The molecule has 422 valence electrons. The molecule has 3 N–H and O–H groups in total. The van der Waals surface area contributed by atoms with Gasteiger partial charge in [-0.1, -0.05) is 267 Å². The van der Waals surface area contributed by atoms with Crippen molar-refractivity contribution in [1.82, 2.24) is 5.32 Å². The lowest BCUT2D eigenvalue weighted by atomic mass is 10.0. The lowest BCUT2D eigenvalue weighted by molar-refractivity contribution is -0.870. The molecule has 0 spiro atoms. The minimum Gasteiger partial charge on any atom is -0.387 e. The molecule has 0 aromatic heterocycles. The molecule has 0 rings (SSSR count). The van der Waals surface area contributed by atoms with Crippen LogP contribution in [-0.2, 0) is 18.4 Å². The highest BCUT2D eigenvalue weighted by atomic mass is 31.2. The van der Waals surface area contributed by atoms with Gasteiger partial charge in [0.1, 0.15) is 13.2 Å². The zero-order valence-corrected chi connectivity index (χ0v) is 49.1. The van der Waals surface area contributed by atoms with Gasteiger partial charge in [0, 0.05) is 6.42 Å². The second-order valence-corrected chi connectivity index (χ2v) is 23.5. The van der Waals surface area contributed by atoms with Gasteiger partial charge in [-0.3, -0.25) is 13.8 Å². The van der Waals surface area contributed by atoms with Gasteiger partial charge >= 0.3 is 7.82 Å². The number of amides is 1. The largest absolute Gasteiger partial charge is 0.472 e. The third kappa shape index (κ3) is 55.9. The first kappa shape index (κ1) is 70.2. The Morgan fingerprint density at radius 2 is 0.806 bits per heavy atom. The smallest absolute Gasteiger partial charge is 0.387 e. The summed E-state index contributed by atoms with van der Waals surface area (Å²) in [6.07, 6.45) is 73.5. The quantitative estimate of drug-likeness (QED) is 0.0243. The minimum atomic E-state index is -4.36. The maximum absolute atomic E-state index is 13.0. The number of aliphatic hydroxyl groups is 1. The van der Waals surface area contributed by atoms with E-state index in [1.165, 1.54) is 199 Å². The van der Waals surface area contributed by atoms with Crippen molar-refractivity contribution in [2.24, 2.45) is 0 Å². The highest BCUT2D eigenvalue weighted by Gasteiger charge is 2.27. The average Bonchev–Trinajstić information content (AvgIpc) is 3.34. The Bertz CT molecular complexity index is 1360. The molecule has 1 amide bonds. The van der Waals surface area contributed by atoms with Gasteiger partial charge in [0.15, 0.2) is 0 Å². The molecule has 0 saturated heterocycles. The molecule has 0 bridgehead atoms. The lowest BCUT2D eigenvalue weighted by Gasteiger charge is -2.25. The first-order chi connectivity index (χ1) is 35.0. The van der Waals surface area contributed by atoms with Crippen LogP contribution in [0.3, 0.4) is 0 Å². The minimum absolute atomic E-state index is 0.0514. The molecule has 3 atom stereocenters. The van der Waals surface area contributed by atoms with Crippen molar-refractivity contribution in [3.05, 3.63) is 60.8 Å². The fraction of sp³-hybridized carbons (Fsp3) is 0.825. The van der Waals surface area contributed by atoms with E-state index in [0.29, 0.717) is 17.4 Å². The first-order valence-corrected chi connectivity index (χ1v) is 32.2. The van der Waals surface area contributed by atoms with E-state index < -0.39 is 20.0 Å². The summed E-state index contributed by atoms with van der Waals surface area (Å²) in [6.45, 7) is 4.78. The fourth-order valence-corrected chi connectivity index (χ4v) is 9.63. The molecule has 0 radical (unpaired) electrons. The van der Waals surface area contributed by atoms with E-state index >= 15 is 0 Å². The van der Waals surface area contributed by atoms with Crippen LogP contribution in [0.2, 0.25) is 0 Å². The Kier molecular flexibility index (Phi) is 52.7. The monoisotopic (exact) mass is 1030 g/mol. The van der Waals surface area contributed by atoms with Crippen molar-refractivity contribution in [3.63, 3.8) is 0 Å². The standard InChI is InChI=1S/C63H119N2O6P/c1-6-8-10-12-14-16-18-20-22-24-26-27-28-29-30-31-32-33-34-35-36-37-39-40-42-44-46-48-50-52-54-56-62(66)61(60-71-72(68,69)70-59-58-65(3,4)5)64-63(67)57-55-53-51-49-47-45-43-41-38-25-23-21-19-17-15-13-11-9-7-2/h15,17,21,23,38,41,46,48,54,56,61-62,66H,6-14,16,18-20,22,24-37,39-40,42-45,47,49-53,55,57-60H2,1-5H3,(H-,64,67,68,69)/p+1/b17-15-,23-21-,41-38-,48-46+,56-54+. The predicted octanol–water partition coefficient (Wildman–Crippen LogP) is 18.9. The second kappa shape index (κ2) is 54.0. The normalized spacial score (nSPS) is 14.3. The molecule has 9 heteroatoms. The highest BCUT2D eigenvalue weighted by molar-refractivity contribution is 7.47. The number of unbranched alkanes of at least 4 members (excludes halogenated alkanes) is 35. The molecule has 0 aliphatic rings. The number of phosphoric ester groups is 1.